The molecular weight excluding hydrogens is 353 g/mol. The second-order valence-electron chi connectivity index (χ2n) is 4.87. The summed E-state index contributed by atoms with van der Waals surface area (Å²) in [4.78, 5) is 12.0. The topological polar surface area (TPSA) is 95.1 Å². The maximum Gasteiger partial charge on any atom is 0.227 e. The van der Waals surface area contributed by atoms with E-state index in [2.05, 4.69) is 15.5 Å². The Hall–Kier alpha value is -1.67. The van der Waals surface area contributed by atoms with Gasteiger partial charge in [0.25, 0.3) is 0 Å². The first kappa shape index (κ1) is 22.3. The Morgan fingerprint density at radius 3 is 2.79 bits per heavy atom. The number of hydrogen-bond donors (Lipinski definition) is 2. The molecule has 0 saturated carbocycles. The third kappa shape index (κ3) is 5.76. The van der Waals surface area contributed by atoms with Crippen molar-refractivity contribution in [3.63, 3.8) is 0 Å². The first-order chi connectivity index (χ1) is 10.7. The summed E-state index contributed by atoms with van der Waals surface area (Å²) in [6, 6.07) is 7.51. The van der Waals surface area contributed by atoms with Crippen molar-refractivity contribution < 1.29 is 9.53 Å². The summed E-state index contributed by atoms with van der Waals surface area (Å²) in [7, 11) is 1.54. The average molecular weight is 376 g/mol. The lowest BCUT2D eigenvalue weighted by molar-refractivity contribution is -0.118. The van der Waals surface area contributed by atoms with Crippen LogP contribution < -0.4 is 11.1 Å². The quantitative estimate of drug-likeness (QED) is 0.772. The van der Waals surface area contributed by atoms with Crippen LogP contribution >= 0.6 is 24.8 Å². The highest BCUT2D eigenvalue weighted by molar-refractivity contribution is 5.91. The minimum Gasteiger partial charge on any atom is -0.380 e. The number of hydrogen-bond acceptors (Lipinski definition) is 5. The van der Waals surface area contributed by atoms with Crippen molar-refractivity contribution >= 4 is 36.4 Å². The Labute approximate surface area is 153 Å². The Kier molecular flexibility index (Phi) is 10.2. The van der Waals surface area contributed by atoms with Crippen LogP contribution in [0.2, 0.25) is 0 Å². The number of nitrogens with zero attached hydrogens (tertiary/aromatic N) is 3. The maximum atomic E-state index is 12.0. The lowest BCUT2D eigenvalue weighted by Gasteiger charge is -2.13. The van der Waals surface area contributed by atoms with E-state index in [4.69, 9.17) is 10.5 Å². The number of amides is 1. The first-order valence-electron chi connectivity index (χ1n) is 7.18. The second kappa shape index (κ2) is 11.0. The summed E-state index contributed by atoms with van der Waals surface area (Å²) in [6.07, 6.45) is 1.64. The van der Waals surface area contributed by atoms with E-state index in [0.717, 1.165) is 17.9 Å². The number of benzene rings is 1. The maximum absolute atomic E-state index is 12.0. The minimum absolute atomic E-state index is 0. The third-order valence-corrected chi connectivity index (χ3v) is 3.37. The van der Waals surface area contributed by atoms with Crippen molar-refractivity contribution in [2.75, 3.05) is 19.0 Å². The van der Waals surface area contributed by atoms with Crippen molar-refractivity contribution in [3.8, 4) is 11.4 Å². The number of aryl methyl sites for hydroxylation is 1. The van der Waals surface area contributed by atoms with Gasteiger partial charge in [-0.1, -0.05) is 12.1 Å². The molecule has 0 aliphatic carbocycles. The summed E-state index contributed by atoms with van der Waals surface area (Å²) in [5.74, 6) is 0.640. The molecule has 3 N–H and O–H groups in total. The molecule has 0 aliphatic heterocycles. The predicted molar refractivity (Wildman–Crippen MR) is 98.7 cm³/mol. The zero-order valence-corrected chi connectivity index (χ0v) is 15.3. The Balaban J connectivity index is 0.00000264. The molecule has 0 bridgehead atoms. The molecule has 1 unspecified atom stereocenters. The highest BCUT2D eigenvalue weighted by atomic mass is 35.5. The first-order valence-corrected chi connectivity index (χ1v) is 7.18. The fourth-order valence-electron chi connectivity index (χ4n) is 2.13. The molecule has 134 valence electrons. The van der Waals surface area contributed by atoms with Crippen LogP contribution in [0.1, 0.15) is 13.3 Å². The number of nitrogens with one attached hydrogen (secondary N) is 1. The molecule has 9 heteroatoms. The molecule has 1 aromatic heterocycles. The largest absolute Gasteiger partial charge is 0.380 e. The van der Waals surface area contributed by atoms with Crippen LogP contribution in [0.5, 0.6) is 0 Å². The number of aromatic nitrogens is 3. The SMILES string of the molecule is CCn1cnnc1-c1cccc(NC(=O)CC(CN)OC)c1.Cl.Cl. The minimum atomic E-state index is -0.272. The van der Waals surface area contributed by atoms with E-state index >= 15 is 0 Å². The molecule has 1 atom stereocenters. The highest BCUT2D eigenvalue weighted by Gasteiger charge is 2.12. The number of carbonyl (C=O) groups is 1. The fraction of sp³-hybridized carbons (Fsp3) is 0.400. The van der Waals surface area contributed by atoms with Gasteiger partial charge in [-0.3, -0.25) is 4.79 Å². The number of methoxy groups -OCH3 is 1. The van der Waals surface area contributed by atoms with Crippen molar-refractivity contribution in [1.29, 1.82) is 0 Å². The zero-order valence-electron chi connectivity index (χ0n) is 13.6. The van der Waals surface area contributed by atoms with Crippen LogP contribution in [-0.2, 0) is 16.1 Å². The average Bonchev–Trinajstić information content (AvgIpc) is 3.01. The van der Waals surface area contributed by atoms with Gasteiger partial charge in [-0.2, -0.15) is 0 Å². The van der Waals surface area contributed by atoms with E-state index in [-0.39, 0.29) is 43.2 Å². The van der Waals surface area contributed by atoms with Crippen molar-refractivity contribution in [2.24, 2.45) is 5.73 Å². The van der Waals surface area contributed by atoms with Crippen LogP contribution in [-0.4, -0.2) is 40.4 Å². The normalized spacial score (nSPS) is 11.1. The van der Waals surface area contributed by atoms with Gasteiger partial charge in [0.2, 0.25) is 5.91 Å². The van der Waals surface area contributed by atoms with E-state index in [1.54, 1.807) is 13.4 Å². The summed E-state index contributed by atoms with van der Waals surface area (Å²) >= 11 is 0. The van der Waals surface area contributed by atoms with Gasteiger partial charge in [-0.15, -0.1) is 35.0 Å². The van der Waals surface area contributed by atoms with E-state index in [1.165, 1.54) is 0 Å². The molecule has 2 aromatic rings. The Morgan fingerprint density at radius 2 is 2.17 bits per heavy atom. The van der Waals surface area contributed by atoms with Crippen LogP contribution in [0, 0.1) is 0 Å². The third-order valence-electron chi connectivity index (χ3n) is 3.37. The number of ether oxygens (including phenoxy) is 1. The van der Waals surface area contributed by atoms with Gasteiger partial charge >= 0.3 is 0 Å². The van der Waals surface area contributed by atoms with Crippen molar-refractivity contribution in [3.05, 3.63) is 30.6 Å². The molecule has 0 radical (unpaired) electrons. The lowest BCUT2D eigenvalue weighted by atomic mass is 10.1. The standard InChI is InChI=1S/C15H21N5O2.2ClH/c1-3-20-10-17-19-15(20)11-5-4-6-12(7-11)18-14(21)8-13(9-16)22-2;;/h4-7,10,13H,3,8-9,16H2,1-2H3,(H,18,21);2*1H. The molecular formula is C15H23Cl2N5O2. The Bertz CT molecular complexity index is 632. The summed E-state index contributed by atoms with van der Waals surface area (Å²) in [6.45, 7) is 3.12. The van der Waals surface area contributed by atoms with Crippen LogP contribution in [0.4, 0.5) is 5.69 Å². The molecule has 0 spiro atoms. The molecule has 0 saturated heterocycles. The fourth-order valence-corrected chi connectivity index (χ4v) is 2.13. The van der Waals surface area contributed by atoms with Gasteiger partial charge in [0, 0.05) is 31.5 Å². The van der Waals surface area contributed by atoms with Gasteiger partial charge < -0.3 is 20.4 Å². The van der Waals surface area contributed by atoms with Crippen molar-refractivity contribution in [2.45, 2.75) is 26.0 Å². The summed E-state index contributed by atoms with van der Waals surface area (Å²) in [5.41, 5.74) is 7.13. The van der Waals surface area contributed by atoms with Crippen LogP contribution in [0.15, 0.2) is 30.6 Å². The van der Waals surface area contributed by atoms with E-state index in [0.29, 0.717) is 12.2 Å². The summed E-state index contributed by atoms with van der Waals surface area (Å²) < 4.78 is 7.05. The van der Waals surface area contributed by atoms with Gasteiger partial charge in [-0.05, 0) is 19.1 Å². The van der Waals surface area contributed by atoms with Crippen LogP contribution in [0.25, 0.3) is 11.4 Å². The smallest absolute Gasteiger partial charge is 0.227 e. The number of anilines is 1. The Morgan fingerprint density at radius 1 is 1.42 bits per heavy atom. The van der Waals surface area contributed by atoms with Crippen molar-refractivity contribution in [1.82, 2.24) is 14.8 Å². The summed E-state index contributed by atoms with van der Waals surface area (Å²) in [5, 5.41) is 10.9. The zero-order chi connectivity index (χ0) is 15.9. The highest BCUT2D eigenvalue weighted by Crippen LogP contribution is 2.21. The monoisotopic (exact) mass is 375 g/mol. The van der Waals surface area contributed by atoms with Gasteiger partial charge in [0.05, 0.1) is 12.5 Å². The van der Waals surface area contributed by atoms with Gasteiger partial charge in [0.1, 0.15) is 6.33 Å². The second-order valence-corrected chi connectivity index (χ2v) is 4.87. The predicted octanol–water partition coefficient (Wildman–Crippen LogP) is 2.11. The molecule has 1 amide bonds. The molecule has 0 aliphatic rings. The molecule has 7 nitrogen and oxygen atoms in total. The van der Waals surface area contributed by atoms with E-state index in [1.807, 2.05) is 35.8 Å². The molecule has 0 fully saturated rings. The van der Waals surface area contributed by atoms with E-state index in [9.17, 15) is 4.79 Å². The molecule has 2 rings (SSSR count). The van der Waals surface area contributed by atoms with E-state index < -0.39 is 0 Å². The molecule has 24 heavy (non-hydrogen) atoms. The number of rotatable bonds is 7. The lowest BCUT2D eigenvalue weighted by Crippen LogP contribution is -2.28. The van der Waals surface area contributed by atoms with Crippen LogP contribution in [0.3, 0.4) is 0 Å². The number of nitrogens with two attached hydrogens (primary N) is 1. The number of halogens is 2. The van der Waals surface area contributed by atoms with Gasteiger partial charge in [0.15, 0.2) is 5.82 Å². The molecule has 1 aromatic carbocycles. The number of carbonyl (C=O) groups excluding carboxylic acids is 1. The molecule has 1 heterocycles. The van der Waals surface area contributed by atoms with Gasteiger partial charge in [-0.25, -0.2) is 0 Å².